The van der Waals surface area contributed by atoms with Crippen molar-refractivity contribution in [2.75, 3.05) is 0 Å². The quantitative estimate of drug-likeness (QED) is 0.731. The first-order valence-corrected chi connectivity index (χ1v) is 4.07. The van der Waals surface area contributed by atoms with Crippen molar-refractivity contribution in [3.8, 4) is 0 Å². The van der Waals surface area contributed by atoms with Gasteiger partial charge >= 0.3 is 5.97 Å². The molecule has 0 aliphatic rings. The lowest BCUT2D eigenvalue weighted by molar-refractivity contribution is 0.0695. The number of carboxylic acids is 1. The summed E-state index contributed by atoms with van der Waals surface area (Å²) >= 11 is 7.18. The SMILES string of the molecule is O=C(O)c1cccc(S)c1Br. The van der Waals surface area contributed by atoms with Gasteiger partial charge in [0.2, 0.25) is 0 Å². The molecule has 0 heterocycles. The number of carbonyl (C=O) groups is 1. The van der Waals surface area contributed by atoms with Crippen LogP contribution in [0.15, 0.2) is 27.6 Å². The van der Waals surface area contributed by atoms with E-state index in [4.69, 9.17) is 5.11 Å². The van der Waals surface area contributed by atoms with Crippen LogP contribution >= 0.6 is 28.6 Å². The molecule has 0 radical (unpaired) electrons. The van der Waals surface area contributed by atoms with Gasteiger partial charge in [-0.25, -0.2) is 4.79 Å². The smallest absolute Gasteiger partial charge is 0.336 e. The fraction of sp³-hybridized carbons (Fsp3) is 0. The van der Waals surface area contributed by atoms with Crippen LogP contribution in [0.2, 0.25) is 0 Å². The Morgan fingerprint density at radius 3 is 2.64 bits per heavy atom. The first-order valence-electron chi connectivity index (χ1n) is 2.83. The minimum absolute atomic E-state index is 0.234. The molecule has 2 nitrogen and oxygen atoms in total. The molecule has 0 bridgehead atoms. The molecule has 0 atom stereocenters. The average Bonchev–Trinajstić information content (AvgIpc) is 1.94. The summed E-state index contributed by atoms with van der Waals surface area (Å²) in [6.07, 6.45) is 0. The summed E-state index contributed by atoms with van der Waals surface area (Å²) in [7, 11) is 0. The second kappa shape index (κ2) is 3.28. The molecule has 0 aromatic heterocycles. The van der Waals surface area contributed by atoms with Crippen molar-refractivity contribution in [1.82, 2.24) is 0 Å². The maximum Gasteiger partial charge on any atom is 0.336 e. The Balaban J connectivity index is 3.27. The molecule has 58 valence electrons. The zero-order valence-corrected chi connectivity index (χ0v) is 7.89. The molecule has 0 amide bonds. The normalized spacial score (nSPS) is 9.64. The fourth-order valence-electron chi connectivity index (χ4n) is 0.685. The number of carboxylic acid groups (broad SMARTS) is 1. The molecule has 0 fully saturated rings. The van der Waals surface area contributed by atoms with Gasteiger partial charge in [0.1, 0.15) is 0 Å². The lowest BCUT2D eigenvalue weighted by atomic mass is 10.2. The van der Waals surface area contributed by atoms with E-state index in [1.54, 1.807) is 12.1 Å². The Bertz CT molecular complexity index is 298. The average molecular weight is 233 g/mol. The highest BCUT2D eigenvalue weighted by molar-refractivity contribution is 9.10. The standard InChI is InChI=1S/C7H5BrO2S/c8-6-4(7(9)10)2-1-3-5(6)11/h1-3,11H,(H,9,10). The minimum Gasteiger partial charge on any atom is -0.478 e. The van der Waals surface area contributed by atoms with Crippen LogP contribution in [0.4, 0.5) is 0 Å². The van der Waals surface area contributed by atoms with E-state index in [-0.39, 0.29) is 5.56 Å². The largest absolute Gasteiger partial charge is 0.478 e. The van der Waals surface area contributed by atoms with E-state index in [1.165, 1.54) is 6.07 Å². The molecule has 0 saturated carbocycles. The van der Waals surface area contributed by atoms with Gasteiger partial charge in [0.15, 0.2) is 0 Å². The van der Waals surface area contributed by atoms with E-state index in [0.29, 0.717) is 9.37 Å². The summed E-state index contributed by atoms with van der Waals surface area (Å²) in [5.41, 5.74) is 0.234. The van der Waals surface area contributed by atoms with Crippen molar-refractivity contribution in [2.45, 2.75) is 4.90 Å². The van der Waals surface area contributed by atoms with Crippen molar-refractivity contribution in [3.05, 3.63) is 28.2 Å². The van der Waals surface area contributed by atoms with Gasteiger partial charge in [-0.2, -0.15) is 0 Å². The molecule has 1 N–H and O–H groups in total. The molecule has 0 aliphatic carbocycles. The van der Waals surface area contributed by atoms with Crippen LogP contribution in [-0.4, -0.2) is 11.1 Å². The number of aromatic carboxylic acids is 1. The maximum atomic E-state index is 10.5. The summed E-state index contributed by atoms with van der Waals surface area (Å²) in [5, 5.41) is 8.63. The molecule has 4 heteroatoms. The van der Waals surface area contributed by atoms with Gasteiger partial charge in [0.25, 0.3) is 0 Å². The lowest BCUT2D eigenvalue weighted by Gasteiger charge is -1.99. The monoisotopic (exact) mass is 232 g/mol. The van der Waals surface area contributed by atoms with E-state index in [2.05, 4.69) is 28.6 Å². The summed E-state index contributed by atoms with van der Waals surface area (Å²) in [4.78, 5) is 11.1. The summed E-state index contributed by atoms with van der Waals surface area (Å²) in [6.45, 7) is 0. The Kier molecular flexibility index (Phi) is 2.57. The van der Waals surface area contributed by atoms with Gasteiger partial charge in [-0.1, -0.05) is 6.07 Å². The van der Waals surface area contributed by atoms with Crippen molar-refractivity contribution in [1.29, 1.82) is 0 Å². The van der Waals surface area contributed by atoms with Crippen molar-refractivity contribution < 1.29 is 9.90 Å². The molecule has 1 aromatic carbocycles. The van der Waals surface area contributed by atoms with E-state index < -0.39 is 5.97 Å². The molecule has 0 saturated heterocycles. The van der Waals surface area contributed by atoms with Crippen molar-refractivity contribution >= 4 is 34.5 Å². The predicted octanol–water partition coefficient (Wildman–Crippen LogP) is 2.44. The molecular weight excluding hydrogens is 228 g/mol. The first kappa shape index (κ1) is 8.62. The zero-order chi connectivity index (χ0) is 8.43. The lowest BCUT2D eigenvalue weighted by Crippen LogP contribution is -1.97. The summed E-state index contributed by atoms with van der Waals surface area (Å²) in [5.74, 6) is -0.951. The van der Waals surface area contributed by atoms with Crippen LogP contribution in [0.1, 0.15) is 10.4 Å². The van der Waals surface area contributed by atoms with Crippen LogP contribution < -0.4 is 0 Å². The summed E-state index contributed by atoms with van der Waals surface area (Å²) < 4.78 is 0.524. The van der Waals surface area contributed by atoms with Crippen LogP contribution in [0.3, 0.4) is 0 Å². The number of halogens is 1. The minimum atomic E-state index is -0.951. The van der Waals surface area contributed by atoms with Gasteiger partial charge in [-0.05, 0) is 28.1 Å². The second-order valence-electron chi connectivity index (χ2n) is 1.94. The van der Waals surface area contributed by atoms with Crippen molar-refractivity contribution in [2.24, 2.45) is 0 Å². The van der Waals surface area contributed by atoms with Gasteiger partial charge in [-0.3, -0.25) is 0 Å². The summed E-state index contributed by atoms with van der Waals surface area (Å²) in [6, 6.07) is 4.89. The van der Waals surface area contributed by atoms with Crippen LogP contribution in [-0.2, 0) is 0 Å². The number of hydrogen-bond donors (Lipinski definition) is 2. The highest BCUT2D eigenvalue weighted by Crippen LogP contribution is 2.24. The molecule has 11 heavy (non-hydrogen) atoms. The number of benzene rings is 1. The van der Waals surface area contributed by atoms with E-state index in [0.717, 1.165) is 0 Å². The highest BCUT2D eigenvalue weighted by atomic mass is 79.9. The van der Waals surface area contributed by atoms with Gasteiger partial charge < -0.3 is 5.11 Å². The van der Waals surface area contributed by atoms with Crippen LogP contribution in [0.5, 0.6) is 0 Å². The van der Waals surface area contributed by atoms with E-state index in [1.807, 2.05) is 0 Å². The Morgan fingerprint density at radius 2 is 2.18 bits per heavy atom. The third-order valence-corrected chi connectivity index (χ3v) is 2.74. The van der Waals surface area contributed by atoms with Gasteiger partial charge in [0.05, 0.1) is 5.56 Å². The highest BCUT2D eigenvalue weighted by Gasteiger charge is 2.08. The third-order valence-electron chi connectivity index (χ3n) is 1.21. The first-order chi connectivity index (χ1) is 5.13. The molecule has 1 aromatic rings. The van der Waals surface area contributed by atoms with Gasteiger partial charge in [0, 0.05) is 9.37 Å². The Morgan fingerprint density at radius 1 is 1.55 bits per heavy atom. The number of hydrogen-bond acceptors (Lipinski definition) is 2. The molecule has 0 aliphatic heterocycles. The zero-order valence-electron chi connectivity index (χ0n) is 5.41. The third kappa shape index (κ3) is 1.75. The van der Waals surface area contributed by atoms with E-state index in [9.17, 15) is 4.79 Å². The van der Waals surface area contributed by atoms with Crippen molar-refractivity contribution in [3.63, 3.8) is 0 Å². The topological polar surface area (TPSA) is 37.3 Å². The fourth-order valence-corrected chi connectivity index (χ4v) is 1.33. The molecule has 1 rings (SSSR count). The second-order valence-corrected chi connectivity index (χ2v) is 3.22. The molecule has 0 spiro atoms. The number of thiol groups is 1. The molecule has 0 unspecified atom stereocenters. The van der Waals surface area contributed by atoms with Crippen LogP contribution in [0.25, 0.3) is 0 Å². The van der Waals surface area contributed by atoms with E-state index >= 15 is 0 Å². The van der Waals surface area contributed by atoms with Crippen LogP contribution in [0, 0.1) is 0 Å². The number of rotatable bonds is 1. The molecular formula is C7H5BrO2S. The van der Waals surface area contributed by atoms with Gasteiger partial charge in [-0.15, -0.1) is 12.6 Å². The maximum absolute atomic E-state index is 10.5. The Labute approximate surface area is 77.8 Å². The Hall–Kier alpha value is -0.480. The predicted molar refractivity (Wildman–Crippen MR) is 48.4 cm³/mol.